The Bertz CT molecular complexity index is 678. The van der Waals surface area contributed by atoms with Gasteiger partial charge < -0.3 is 19.5 Å². The number of benzene rings is 2. The lowest BCUT2D eigenvalue weighted by Crippen LogP contribution is -2.16. The third-order valence-electron chi connectivity index (χ3n) is 4.71. The van der Waals surface area contributed by atoms with Crippen LogP contribution in [0.25, 0.3) is 0 Å². The monoisotopic (exact) mass is 369 g/mol. The van der Waals surface area contributed by atoms with Crippen LogP contribution in [-0.4, -0.2) is 25.9 Å². The summed E-state index contributed by atoms with van der Waals surface area (Å²) >= 11 is 0. The molecule has 0 spiro atoms. The summed E-state index contributed by atoms with van der Waals surface area (Å²) in [6.07, 6.45) is 3.51. The van der Waals surface area contributed by atoms with Gasteiger partial charge in [0.15, 0.2) is 0 Å². The normalized spacial score (nSPS) is 16.5. The fourth-order valence-corrected chi connectivity index (χ4v) is 3.01. The predicted molar refractivity (Wildman–Crippen MR) is 110 cm³/mol. The Balaban J connectivity index is 1.49. The third kappa shape index (κ3) is 6.47. The van der Waals surface area contributed by atoms with Gasteiger partial charge >= 0.3 is 0 Å². The van der Waals surface area contributed by atoms with Crippen molar-refractivity contribution in [2.45, 2.75) is 45.8 Å². The molecule has 1 saturated heterocycles. The molecule has 0 bridgehead atoms. The summed E-state index contributed by atoms with van der Waals surface area (Å²) in [5.74, 6) is 2.47. The van der Waals surface area contributed by atoms with Crippen LogP contribution in [0.1, 0.15) is 38.7 Å². The minimum atomic E-state index is 0.223. The van der Waals surface area contributed by atoms with E-state index in [0.717, 1.165) is 56.2 Å². The van der Waals surface area contributed by atoms with Crippen LogP contribution in [0.2, 0.25) is 0 Å². The standard InChI is InChI=1S/C23H31NO3/c1-18(2)13-15-26-20-11-9-19(10-12-20)16-24-22-7-3-4-8-23(22)27-17-21-6-5-14-25-21/h3-4,7-12,18,21,24H,5-6,13-17H2,1-2H3. The van der Waals surface area contributed by atoms with E-state index in [4.69, 9.17) is 14.2 Å². The first-order valence-electron chi connectivity index (χ1n) is 10.00. The van der Waals surface area contributed by atoms with E-state index >= 15 is 0 Å². The van der Waals surface area contributed by atoms with E-state index in [0.29, 0.717) is 12.5 Å². The van der Waals surface area contributed by atoms with E-state index < -0.39 is 0 Å². The average Bonchev–Trinajstić information content (AvgIpc) is 3.20. The van der Waals surface area contributed by atoms with E-state index in [2.05, 4.69) is 31.3 Å². The van der Waals surface area contributed by atoms with E-state index in [9.17, 15) is 0 Å². The molecule has 1 aliphatic rings. The maximum absolute atomic E-state index is 5.98. The summed E-state index contributed by atoms with van der Waals surface area (Å²) in [5, 5.41) is 3.48. The Morgan fingerprint density at radius 1 is 1.07 bits per heavy atom. The molecular formula is C23H31NO3. The summed E-state index contributed by atoms with van der Waals surface area (Å²) in [7, 11) is 0. The molecule has 1 unspecified atom stereocenters. The third-order valence-corrected chi connectivity index (χ3v) is 4.71. The molecule has 1 N–H and O–H groups in total. The van der Waals surface area contributed by atoms with Crippen molar-refractivity contribution in [2.75, 3.05) is 25.1 Å². The quantitative estimate of drug-likeness (QED) is 0.618. The van der Waals surface area contributed by atoms with Gasteiger partial charge in [0.2, 0.25) is 0 Å². The fourth-order valence-electron chi connectivity index (χ4n) is 3.01. The van der Waals surface area contributed by atoms with E-state index in [1.807, 2.05) is 36.4 Å². The largest absolute Gasteiger partial charge is 0.494 e. The zero-order valence-corrected chi connectivity index (χ0v) is 16.4. The lowest BCUT2D eigenvalue weighted by Gasteiger charge is -2.16. The Morgan fingerprint density at radius 2 is 1.89 bits per heavy atom. The van der Waals surface area contributed by atoms with Gasteiger partial charge in [-0.1, -0.05) is 38.1 Å². The Morgan fingerprint density at radius 3 is 2.63 bits per heavy atom. The SMILES string of the molecule is CC(C)CCOc1ccc(CNc2ccccc2OCC2CCCO2)cc1. The second-order valence-electron chi connectivity index (χ2n) is 7.47. The Labute approximate surface area is 162 Å². The van der Waals surface area contributed by atoms with Crippen molar-refractivity contribution in [1.82, 2.24) is 0 Å². The molecule has 4 heteroatoms. The maximum Gasteiger partial charge on any atom is 0.142 e. The molecule has 2 aromatic rings. The lowest BCUT2D eigenvalue weighted by atomic mass is 10.1. The highest BCUT2D eigenvalue weighted by Gasteiger charge is 2.16. The minimum Gasteiger partial charge on any atom is -0.494 e. The van der Waals surface area contributed by atoms with E-state index in [-0.39, 0.29) is 6.10 Å². The van der Waals surface area contributed by atoms with Gasteiger partial charge in [0.25, 0.3) is 0 Å². The Kier molecular flexibility index (Phi) is 7.40. The number of rotatable bonds is 10. The molecule has 146 valence electrons. The molecule has 2 aromatic carbocycles. The van der Waals surface area contributed by atoms with Crippen LogP contribution in [0.5, 0.6) is 11.5 Å². The maximum atomic E-state index is 5.98. The molecule has 1 fully saturated rings. The summed E-state index contributed by atoms with van der Waals surface area (Å²) in [5.41, 5.74) is 2.22. The smallest absolute Gasteiger partial charge is 0.142 e. The average molecular weight is 370 g/mol. The Hall–Kier alpha value is -2.20. The highest BCUT2D eigenvalue weighted by atomic mass is 16.5. The molecule has 27 heavy (non-hydrogen) atoms. The summed E-state index contributed by atoms with van der Waals surface area (Å²) in [4.78, 5) is 0. The summed E-state index contributed by atoms with van der Waals surface area (Å²) in [6, 6.07) is 16.4. The molecule has 0 saturated carbocycles. The van der Waals surface area contributed by atoms with Crippen molar-refractivity contribution in [3.8, 4) is 11.5 Å². The highest BCUT2D eigenvalue weighted by molar-refractivity contribution is 5.56. The highest BCUT2D eigenvalue weighted by Crippen LogP contribution is 2.26. The minimum absolute atomic E-state index is 0.223. The van der Waals surface area contributed by atoms with Crippen LogP contribution in [0.3, 0.4) is 0 Å². The van der Waals surface area contributed by atoms with Gasteiger partial charge in [-0.15, -0.1) is 0 Å². The van der Waals surface area contributed by atoms with Crippen molar-refractivity contribution >= 4 is 5.69 Å². The number of ether oxygens (including phenoxy) is 3. The molecule has 3 rings (SSSR count). The second kappa shape index (κ2) is 10.2. The van der Waals surface area contributed by atoms with Gasteiger partial charge in [-0.3, -0.25) is 0 Å². The molecule has 4 nitrogen and oxygen atoms in total. The summed E-state index contributed by atoms with van der Waals surface area (Å²) < 4.78 is 17.4. The second-order valence-corrected chi connectivity index (χ2v) is 7.47. The number of hydrogen-bond donors (Lipinski definition) is 1. The van der Waals surface area contributed by atoms with Crippen molar-refractivity contribution in [2.24, 2.45) is 5.92 Å². The van der Waals surface area contributed by atoms with Crippen molar-refractivity contribution in [3.63, 3.8) is 0 Å². The van der Waals surface area contributed by atoms with Crippen LogP contribution in [-0.2, 0) is 11.3 Å². The van der Waals surface area contributed by atoms with Crippen molar-refractivity contribution in [1.29, 1.82) is 0 Å². The molecule has 0 aliphatic carbocycles. The molecule has 0 aromatic heterocycles. The van der Waals surface area contributed by atoms with E-state index in [1.165, 1.54) is 5.56 Å². The van der Waals surface area contributed by atoms with Gasteiger partial charge in [-0.2, -0.15) is 0 Å². The first kappa shape index (κ1) is 19.6. The number of hydrogen-bond acceptors (Lipinski definition) is 4. The summed E-state index contributed by atoms with van der Waals surface area (Å²) in [6.45, 7) is 7.39. The van der Waals surface area contributed by atoms with Crippen LogP contribution in [0.4, 0.5) is 5.69 Å². The predicted octanol–water partition coefficient (Wildman–Crippen LogP) is 5.28. The first-order chi connectivity index (χ1) is 13.2. The van der Waals surface area contributed by atoms with Crippen LogP contribution < -0.4 is 14.8 Å². The van der Waals surface area contributed by atoms with Gasteiger partial charge in [0.05, 0.1) is 18.4 Å². The van der Waals surface area contributed by atoms with E-state index in [1.54, 1.807) is 0 Å². The molecule has 0 radical (unpaired) electrons. The molecule has 1 aliphatic heterocycles. The van der Waals surface area contributed by atoms with Gasteiger partial charge in [-0.25, -0.2) is 0 Å². The fraction of sp³-hybridized carbons (Fsp3) is 0.478. The zero-order valence-electron chi connectivity index (χ0n) is 16.4. The lowest BCUT2D eigenvalue weighted by molar-refractivity contribution is 0.0682. The van der Waals surface area contributed by atoms with Crippen LogP contribution in [0.15, 0.2) is 48.5 Å². The molecule has 0 amide bonds. The van der Waals surface area contributed by atoms with Gasteiger partial charge in [-0.05, 0) is 55.0 Å². The first-order valence-corrected chi connectivity index (χ1v) is 10.00. The van der Waals surface area contributed by atoms with Crippen molar-refractivity contribution in [3.05, 3.63) is 54.1 Å². The topological polar surface area (TPSA) is 39.7 Å². The van der Waals surface area contributed by atoms with Crippen molar-refractivity contribution < 1.29 is 14.2 Å². The van der Waals surface area contributed by atoms with Gasteiger partial charge in [0, 0.05) is 13.2 Å². The van der Waals surface area contributed by atoms with Crippen LogP contribution in [0, 0.1) is 5.92 Å². The van der Waals surface area contributed by atoms with Gasteiger partial charge in [0.1, 0.15) is 18.1 Å². The molecule has 1 atom stereocenters. The number of anilines is 1. The molecular weight excluding hydrogens is 338 g/mol. The zero-order chi connectivity index (χ0) is 18.9. The number of nitrogens with one attached hydrogen (secondary N) is 1. The molecule has 1 heterocycles. The van der Waals surface area contributed by atoms with Crippen LogP contribution >= 0.6 is 0 Å². The number of para-hydroxylation sites is 2.